The lowest BCUT2D eigenvalue weighted by Crippen LogP contribution is -2.54. The average molecular weight is 387 g/mol. The zero-order valence-electron chi connectivity index (χ0n) is 18.0. The number of aliphatic hydroxyl groups excluding tert-OH is 1. The van der Waals surface area contributed by atoms with E-state index in [9.17, 15) is 9.90 Å². The number of hydrogen-bond donors (Lipinski definition) is 1. The number of rotatable bonds is 2. The standard InChI is InChI=1S/C25H38O3/c1-23-12-8-16(25(28-3)10-4-5-11-25)14-17(23)15-20(26)22-18-6-7-21(27)24(18,2)13-9-19(22)23/h15-16,18-19,21-22,27H,4-14H2,1-3H3/t16-,18?,19?,21-,22?,23-,24-/m0/s1. The Balaban J connectivity index is 1.46. The molecule has 5 rings (SSSR count). The Morgan fingerprint density at radius 1 is 1.00 bits per heavy atom. The lowest BCUT2D eigenvalue weighted by atomic mass is 9.46. The van der Waals surface area contributed by atoms with E-state index < -0.39 is 0 Å². The molecule has 5 aliphatic rings. The van der Waals surface area contributed by atoms with Crippen molar-refractivity contribution in [3.63, 3.8) is 0 Å². The van der Waals surface area contributed by atoms with Gasteiger partial charge in [0.25, 0.3) is 0 Å². The van der Waals surface area contributed by atoms with Crippen LogP contribution in [0, 0.1) is 34.5 Å². The Labute approximate surface area is 170 Å². The van der Waals surface area contributed by atoms with Crippen molar-refractivity contribution >= 4 is 5.78 Å². The Morgan fingerprint density at radius 2 is 1.75 bits per heavy atom. The molecule has 0 bridgehead atoms. The first-order valence-corrected chi connectivity index (χ1v) is 11.8. The van der Waals surface area contributed by atoms with Gasteiger partial charge < -0.3 is 9.84 Å². The van der Waals surface area contributed by atoms with E-state index in [2.05, 4.69) is 19.9 Å². The molecule has 156 valence electrons. The lowest BCUT2D eigenvalue weighted by Gasteiger charge is -2.58. The monoisotopic (exact) mass is 386 g/mol. The Hall–Kier alpha value is -0.670. The van der Waals surface area contributed by atoms with E-state index in [0.717, 1.165) is 32.1 Å². The van der Waals surface area contributed by atoms with Gasteiger partial charge in [-0.1, -0.05) is 32.3 Å². The fraction of sp³-hybridized carbons (Fsp3) is 0.880. The van der Waals surface area contributed by atoms with Gasteiger partial charge in [0.05, 0.1) is 11.7 Å². The van der Waals surface area contributed by atoms with Gasteiger partial charge >= 0.3 is 0 Å². The molecular formula is C25H38O3. The molecule has 0 aromatic heterocycles. The van der Waals surface area contributed by atoms with E-state index in [1.807, 2.05) is 7.11 Å². The van der Waals surface area contributed by atoms with Crippen LogP contribution < -0.4 is 0 Å². The molecule has 1 N–H and O–H groups in total. The third-order valence-corrected chi connectivity index (χ3v) is 10.5. The Kier molecular flexibility index (Phi) is 4.42. The first kappa shape index (κ1) is 19.3. The van der Waals surface area contributed by atoms with Crippen molar-refractivity contribution in [2.24, 2.45) is 34.5 Å². The minimum atomic E-state index is -0.218. The van der Waals surface area contributed by atoms with Crippen molar-refractivity contribution < 1.29 is 14.6 Å². The molecule has 4 fully saturated rings. The molecule has 0 amide bonds. The predicted octanol–water partition coefficient (Wildman–Crippen LogP) is 5.06. The molecule has 0 spiro atoms. The van der Waals surface area contributed by atoms with Crippen molar-refractivity contribution in [3.05, 3.63) is 11.6 Å². The predicted molar refractivity (Wildman–Crippen MR) is 110 cm³/mol. The van der Waals surface area contributed by atoms with Gasteiger partial charge in [0.2, 0.25) is 0 Å². The van der Waals surface area contributed by atoms with E-state index in [1.165, 1.54) is 44.1 Å². The van der Waals surface area contributed by atoms with Gasteiger partial charge in [-0.2, -0.15) is 0 Å². The number of carbonyl (C=O) groups excluding carboxylic acids is 1. The maximum absolute atomic E-state index is 13.4. The highest BCUT2D eigenvalue weighted by Gasteiger charge is 2.61. The molecule has 28 heavy (non-hydrogen) atoms. The minimum absolute atomic E-state index is 0.0420. The lowest BCUT2D eigenvalue weighted by molar-refractivity contribution is -0.137. The van der Waals surface area contributed by atoms with E-state index >= 15 is 0 Å². The van der Waals surface area contributed by atoms with Crippen LogP contribution in [-0.2, 0) is 9.53 Å². The number of hydrogen-bond acceptors (Lipinski definition) is 3. The van der Waals surface area contributed by atoms with Gasteiger partial charge in [0, 0.05) is 13.0 Å². The first-order chi connectivity index (χ1) is 13.3. The summed E-state index contributed by atoms with van der Waals surface area (Å²) >= 11 is 0. The summed E-state index contributed by atoms with van der Waals surface area (Å²) in [5.41, 5.74) is 1.63. The molecule has 0 aromatic carbocycles. The highest BCUT2D eigenvalue weighted by atomic mass is 16.5. The summed E-state index contributed by atoms with van der Waals surface area (Å²) in [4.78, 5) is 13.4. The summed E-state index contributed by atoms with van der Waals surface area (Å²) in [6.07, 6.45) is 14.4. The quantitative estimate of drug-likeness (QED) is 0.721. The molecule has 3 nitrogen and oxygen atoms in total. The van der Waals surface area contributed by atoms with Crippen LogP contribution in [0.1, 0.15) is 84.5 Å². The van der Waals surface area contributed by atoms with Gasteiger partial charge in [-0.25, -0.2) is 0 Å². The van der Waals surface area contributed by atoms with Crippen molar-refractivity contribution in [1.82, 2.24) is 0 Å². The molecule has 0 saturated heterocycles. The second kappa shape index (κ2) is 6.41. The minimum Gasteiger partial charge on any atom is -0.393 e. The van der Waals surface area contributed by atoms with Gasteiger partial charge in [-0.05, 0) is 92.4 Å². The summed E-state index contributed by atoms with van der Waals surface area (Å²) in [7, 11) is 1.91. The molecule has 7 atom stereocenters. The fourth-order valence-corrected chi connectivity index (χ4v) is 8.58. The number of fused-ring (bicyclic) bond motifs is 5. The number of aliphatic hydroxyl groups is 1. The summed E-state index contributed by atoms with van der Waals surface area (Å²) in [5, 5.41) is 10.6. The summed E-state index contributed by atoms with van der Waals surface area (Å²) in [6.45, 7) is 4.71. The van der Waals surface area contributed by atoms with Crippen LogP contribution in [0.2, 0.25) is 0 Å². The van der Waals surface area contributed by atoms with E-state index in [4.69, 9.17) is 4.74 Å². The van der Waals surface area contributed by atoms with Crippen LogP contribution >= 0.6 is 0 Å². The first-order valence-electron chi connectivity index (χ1n) is 11.8. The molecule has 5 aliphatic carbocycles. The smallest absolute Gasteiger partial charge is 0.159 e. The second-order valence-electron chi connectivity index (χ2n) is 11.3. The number of carbonyl (C=O) groups is 1. The third-order valence-electron chi connectivity index (χ3n) is 10.5. The SMILES string of the molecule is COC1([C@H]2CC[C@@]3(C)C(=CC(=O)C4C3CC[C@@]3(C)C4CC[C@@H]3O)C2)CCCC1. The number of ketones is 1. The maximum atomic E-state index is 13.4. The number of allylic oxidation sites excluding steroid dienone is 2. The molecule has 3 heteroatoms. The topological polar surface area (TPSA) is 46.5 Å². The largest absolute Gasteiger partial charge is 0.393 e. The molecule has 3 unspecified atom stereocenters. The van der Waals surface area contributed by atoms with E-state index in [-0.39, 0.29) is 28.5 Å². The van der Waals surface area contributed by atoms with Crippen molar-refractivity contribution in [2.75, 3.05) is 7.11 Å². The second-order valence-corrected chi connectivity index (χ2v) is 11.3. The molecule has 0 aliphatic heterocycles. The van der Waals surface area contributed by atoms with Crippen molar-refractivity contribution in [3.8, 4) is 0 Å². The summed E-state index contributed by atoms with van der Waals surface area (Å²) in [6, 6.07) is 0. The van der Waals surface area contributed by atoms with Crippen LogP contribution in [0.25, 0.3) is 0 Å². The Bertz CT molecular complexity index is 690. The molecule has 0 aromatic rings. The maximum Gasteiger partial charge on any atom is 0.159 e. The summed E-state index contributed by atoms with van der Waals surface area (Å²) < 4.78 is 6.13. The average Bonchev–Trinajstić information content (AvgIpc) is 3.28. The highest BCUT2D eigenvalue weighted by Crippen LogP contribution is 2.65. The van der Waals surface area contributed by atoms with Crippen LogP contribution in [0.3, 0.4) is 0 Å². The summed E-state index contributed by atoms with van der Waals surface area (Å²) in [5.74, 6) is 1.95. The van der Waals surface area contributed by atoms with Gasteiger partial charge in [0.1, 0.15) is 0 Å². The van der Waals surface area contributed by atoms with Crippen LogP contribution in [-0.4, -0.2) is 29.7 Å². The van der Waals surface area contributed by atoms with Gasteiger partial charge in [-0.15, -0.1) is 0 Å². The third kappa shape index (κ3) is 2.44. The normalized spacial score (nSPS) is 49.9. The zero-order valence-corrected chi connectivity index (χ0v) is 18.0. The number of methoxy groups -OCH3 is 1. The van der Waals surface area contributed by atoms with Crippen molar-refractivity contribution in [2.45, 2.75) is 96.2 Å². The highest BCUT2D eigenvalue weighted by molar-refractivity contribution is 5.94. The molecular weight excluding hydrogens is 348 g/mol. The van der Waals surface area contributed by atoms with E-state index in [1.54, 1.807) is 0 Å². The molecule has 0 heterocycles. The van der Waals surface area contributed by atoms with Crippen LogP contribution in [0.4, 0.5) is 0 Å². The van der Waals surface area contributed by atoms with Gasteiger partial charge in [0.15, 0.2) is 5.78 Å². The van der Waals surface area contributed by atoms with Crippen molar-refractivity contribution in [1.29, 1.82) is 0 Å². The molecule has 0 radical (unpaired) electrons. The Morgan fingerprint density at radius 3 is 2.46 bits per heavy atom. The van der Waals surface area contributed by atoms with E-state index in [0.29, 0.717) is 23.5 Å². The van der Waals surface area contributed by atoms with Gasteiger partial charge in [-0.3, -0.25) is 4.79 Å². The number of ether oxygens (including phenoxy) is 1. The van der Waals surface area contributed by atoms with Crippen LogP contribution in [0.5, 0.6) is 0 Å². The fourth-order valence-electron chi connectivity index (χ4n) is 8.58. The van der Waals surface area contributed by atoms with Crippen LogP contribution in [0.15, 0.2) is 11.6 Å². The zero-order chi connectivity index (χ0) is 19.7. The molecule has 4 saturated carbocycles.